The number of carbonyl (C=O) groups excluding carboxylic acids is 1. The van der Waals surface area contributed by atoms with Crippen LogP contribution in [-0.2, 0) is 22.4 Å². The fraction of sp³-hybridized carbons (Fsp3) is 0.346. The van der Waals surface area contributed by atoms with Crippen molar-refractivity contribution in [1.29, 1.82) is 0 Å². The van der Waals surface area contributed by atoms with Crippen molar-refractivity contribution in [3.05, 3.63) is 53.6 Å². The van der Waals surface area contributed by atoms with Crippen LogP contribution in [0.1, 0.15) is 28.8 Å². The van der Waals surface area contributed by atoms with Crippen LogP contribution in [0.2, 0.25) is 0 Å². The zero-order valence-electron chi connectivity index (χ0n) is 19.8. The minimum Gasteiger partial charge on any atom is -0.493 e. The van der Waals surface area contributed by atoms with E-state index in [1.165, 1.54) is 0 Å². The number of anilines is 1. The smallest absolute Gasteiger partial charge is 0.344 e. The molecule has 1 fully saturated rings. The Balaban J connectivity index is 1.50. The quantitative estimate of drug-likeness (QED) is 0.383. The highest BCUT2D eigenvalue weighted by molar-refractivity contribution is 6.08. The van der Waals surface area contributed by atoms with Gasteiger partial charge in [-0.3, -0.25) is 0 Å². The fourth-order valence-corrected chi connectivity index (χ4v) is 4.44. The van der Waals surface area contributed by atoms with Crippen molar-refractivity contribution in [1.82, 2.24) is 14.5 Å². The van der Waals surface area contributed by atoms with Crippen LogP contribution in [0.25, 0.3) is 22.2 Å². The van der Waals surface area contributed by atoms with Gasteiger partial charge in [0.25, 0.3) is 0 Å². The molecule has 4 aromatic rings. The number of aryl methyl sites for hydroxylation is 2. The second-order valence-electron chi connectivity index (χ2n) is 8.47. The zero-order valence-corrected chi connectivity index (χ0v) is 19.8. The van der Waals surface area contributed by atoms with Crippen molar-refractivity contribution in [2.24, 2.45) is 0 Å². The van der Waals surface area contributed by atoms with E-state index in [9.17, 15) is 4.79 Å². The second-order valence-corrected chi connectivity index (χ2v) is 8.47. The van der Waals surface area contributed by atoms with E-state index in [2.05, 4.69) is 0 Å². The van der Waals surface area contributed by atoms with Crippen molar-refractivity contribution in [3.63, 3.8) is 0 Å². The summed E-state index contributed by atoms with van der Waals surface area (Å²) in [7, 11) is 3.21. The Hall–Kier alpha value is -3.85. The Bertz CT molecular complexity index is 1380. The number of ether oxygens (including phenoxy) is 4. The second kappa shape index (κ2) is 9.79. The molecule has 0 bridgehead atoms. The predicted octanol–water partition coefficient (Wildman–Crippen LogP) is 3.76. The molecule has 0 spiro atoms. The average molecular weight is 477 g/mol. The van der Waals surface area contributed by atoms with Gasteiger partial charge in [0, 0.05) is 13.2 Å². The van der Waals surface area contributed by atoms with Gasteiger partial charge in [-0.15, -0.1) is 0 Å². The summed E-state index contributed by atoms with van der Waals surface area (Å²) in [4.78, 5) is 22.7. The van der Waals surface area contributed by atoms with Gasteiger partial charge in [-0.1, -0.05) is 18.2 Å². The van der Waals surface area contributed by atoms with Gasteiger partial charge in [0.05, 0.1) is 31.4 Å². The van der Waals surface area contributed by atoms with Crippen LogP contribution in [0, 0.1) is 0 Å². The molecule has 1 aliphatic rings. The number of aromatic nitrogens is 3. The third kappa shape index (κ3) is 4.46. The normalized spacial score (nSPS) is 15.5. The Morgan fingerprint density at radius 1 is 1.11 bits per heavy atom. The molecule has 1 aliphatic heterocycles. The van der Waals surface area contributed by atoms with E-state index >= 15 is 0 Å². The van der Waals surface area contributed by atoms with E-state index in [-0.39, 0.29) is 24.1 Å². The van der Waals surface area contributed by atoms with Gasteiger partial charge in [0.2, 0.25) is 0 Å². The summed E-state index contributed by atoms with van der Waals surface area (Å²) in [5.74, 6) is 1.08. The van der Waals surface area contributed by atoms with E-state index in [4.69, 9.17) is 34.6 Å². The van der Waals surface area contributed by atoms with Gasteiger partial charge in [-0.2, -0.15) is 0 Å². The minimum atomic E-state index is -0.516. The van der Waals surface area contributed by atoms with E-state index in [0.29, 0.717) is 47.8 Å². The van der Waals surface area contributed by atoms with Gasteiger partial charge < -0.3 is 29.2 Å². The molecule has 1 saturated heterocycles. The van der Waals surface area contributed by atoms with Gasteiger partial charge in [-0.25, -0.2) is 14.8 Å². The minimum absolute atomic E-state index is 0.0782. The largest absolute Gasteiger partial charge is 0.493 e. The maximum atomic E-state index is 13.1. The summed E-state index contributed by atoms with van der Waals surface area (Å²) in [6.07, 6.45) is 2.40. The summed E-state index contributed by atoms with van der Waals surface area (Å²) in [5.41, 5.74) is 10.2. The zero-order chi connectivity index (χ0) is 24.4. The Kier molecular flexibility index (Phi) is 6.41. The summed E-state index contributed by atoms with van der Waals surface area (Å²) in [6.45, 7) is 1.37. The third-order valence-corrected chi connectivity index (χ3v) is 6.29. The molecule has 35 heavy (non-hydrogen) atoms. The average Bonchev–Trinajstić information content (AvgIpc) is 3.50. The van der Waals surface area contributed by atoms with E-state index in [1.54, 1.807) is 14.2 Å². The van der Waals surface area contributed by atoms with Crippen LogP contribution in [0.4, 0.5) is 5.82 Å². The topological polar surface area (TPSA) is 111 Å². The predicted molar refractivity (Wildman–Crippen MR) is 132 cm³/mol. The van der Waals surface area contributed by atoms with Gasteiger partial charge in [0.1, 0.15) is 23.5 Å². The molecule has 182 valence electrons. The first kappa shape index (κ1) is 22.9. The molecular weight excluding hydrogens is 448 g/mol. The van der Waals surface area contributed by atoms with E-state index in [1.807, 2.05) is 47.0 Å². The summed E-state index contributed by atoms with van der Waals surface area (Å²) >= 11 is 0. The molecule has 0 saturated carbocycles. The SMILES string of the molecule is COc1ccc(CCn2c(N)c(C(=O)OC[C@H]3CCCO3)c3nc4ccccc4nc32)cc1OC. The molecule has 2 aromatic carbocycles. The van der Waals surface area contributed by atoms with Crippen LogP contribution < -0.4 is 15.2 Å². The summed E-state index contributed by atoms with van der Waals surface area (Å²) in [6, 6.07) is 13.3. The van der Waals surface area contributed by atoms with Gasteiger partial charge in [-0.05, 0) is 49.1 Å². The standard InChI is InChI=1S/C26H28N4O5/c1-32-20-10-9-16(14-21(20)33-2)11-12-30-24(27)22(26(31)35-15-17-6-5-13-34-17)23-25(30)29-19-8-4-3-7-18(19)28-23/h3-4,7-10,14,17H,5-6,11-13,15,27H2,1-2H3/t17-/m1/s1. The molecule has 2 N–H and O–H groups in total. The van der Waals surface area contributed by atoms with Gasteiger partial charge >= 0.3 is 5.97 Å². The molecule has 0 unspecified atom stereocenters. The number of nitrogens with zero attached hydrogens (tertiary/aromatic N) is 3. The molecule has 2 aromatic heterocycles. The number of para-hydroxylation sites is 2. The molecular formula is C26H28N4O5. The first-order valence-corrected chi connectivity index (χ1v) is 11.6. The van der Waals surface area contributed by atoms with Gasteiger partial charge in [0.15, 0.2) is 17.1 Å². The lowest BCUT2D eigenvalue weighted by Crippen LogP contribution is -2.18. The lowest BCUT2D eigenvalue weighted by atomic mass is 10.1. The summed E-state index contributed by atoms with van der Waals surface area (Å²) in [5, 5.41) is 0. The van der Waals surface area contributed by atoms with E-state index < -0.39 is 5.97 Å². The van der Waals surface area contributed by atoms with Crippen molar-refractivity contribution in [2.45, 2.75) is 31.9 Å². The van der Waals surface area contributed by atoms with Crippen molar-refractivity contribution < 1.29 is 23.7 Å². The lowest BCUT2D eigenvalue weighted by molar-refractivity contribution is 0.0163. The highest BCUT2D eigenvalue weighted by Crippen LogP contribution is 2.31. The third-order valence-electron chi connectivity index (χ3n) is 6.29. The lowest BCUT2D eigenvalue weighted by Gasteiger charge is -2.12. The number of hydrogen-bond donors (Lipinski definition) is 1. The molecule has 1 atom stereocenters. The van der Waals surface area contributed by atoms with Crippen LogP contribution in [-0.4, -0.2) is 54.0 Å². The molecule has 0 aliphatic carbocycles. The number of nitrogen functional groups attached to an aromatic ring is 1. The van der Waals surface area contributed by atoms with Crippen molar-refractivity contribution in [3.8, 4) is 11.5 Å². The first-order chi connectivity index (χ1) is 17.1. The Morgan fingerprint density at radius 2 is 1.89 bits per heavy atom. The van der Waals surface area contributed by atoms with E-state index in [0.717, 1.165) is 23.9 Å². The monoisotopic (exact) mass is 476 g/mol. The number of esters is 1. The number of fused-ring (bicyclic) bond motifs is 2. The maximum Gasteiger partial charge on any atom is 0.344 e. The van der Waals surface area contributed by atoms with Crippen LogP contribution in [0.3, 0.4) is 0 Å². The number of hydrogen-bond acceptors (Lipinski definition) is 8. The Labute approximate surface area is 202 Å². The fourth-order valence-electron chi connectivity index (χ4n) is 4.44. The van der Waals surface area contributed by atoms with Crippen LogP contribution in [0.5, 0.6) is 11.5 Å². The molecule has 0 radical (unpaired) electrons. The summed E-state index contributed by atoms with van der Waals surface area (Å²) < 4.78 is 23.8. The van der Waals surface area contributed by atoms with Crippen LogP contribution in [0.15, 0.2) is 42.5 Å². The molecule has 9 heteroatoms. The first-order valence-electron chi connectivity index (χ1n) is 11.6. The molecule has 3 heterocycles. The number of nitrogens with two attached hydrogens (primary N) is 1. The number of carbonyl (C=O) groups is 1. The number of benzene rings is 2. The van der Waals surface area contributed by atoms with Crippen LogP contribution >= 0.6 is 0 Å². The highest BCUT2D eigenvalue weighted by atomic mass is 16.6. The van der Waals surface area contributed by atoms with Crippen molar-refractivity contribution in [2.75, 3.05) is 33.2 Å². The maximum absolute atomic E-state index is 13.1. The highest BCUT2D eigenvalue weighted by Gasteiger charge is 2.26. The molecule has 9 nitrogen and oxygen atoms in total. The van der Waals surface area contributed by atoms with Crippen molar-refractivity contribution >= 4 is 34.0 Å². The molecule has 5 rings (SSSR count). The number of methoxy groups -OCH3 is 2. The Morgan fingerprint density at radius 3 is 2.60 bits per heavy atom. The number of rotatable bonds is 8. The molecule has 0 amide bonds.